The first kappa shape index (κ1) is 14.7. The van der Waals surface area contributed by atoms with Crippen molar-refractivity contribution in [3.63, 3.8) is 0 Å². The van der Waals surface area contributed by atoms with Gasteiger partial charge >= 0.3 is 0 Å². The van der Waals surface area contributed by atoms with Crippen molar-refractivity contribution >= 4 is 0 Å². The Bertz CT molecular complexity index is 168. The Morgan fingerprint density at radius 1 is 1.08 bits per heavy atom. The highest BCUT2D eigenvalue weighted by atomic mass is 14.6. The second-order valence-corrected chi connectivity index (χ2v) is 2.44. The molecule has 0 spiro atoms. The summed E-state index contributed by atoms with van der Waals surface area (Å²) in [7, 11) is 0. The van der Waals surface area contributed by atoms with Gasteiger partial charge in [-0.1, -0.05) is 47.6 Å². The predicted molar refractivity (Wildman–Crippen MR) is 61.0 cm³/mol. The van der Waals surface area contributed by atoms with Gasteiger partial charge in [0.1, 0.15) is 0 Å². The summed E-state index contributed by atoms with van der Waals surface area (Å²) in [6.07, 6.45) is 3.70. The van der Waals surface area contributed by atoms with Crippen LogP contribution in [0.3, 0.4) is 0 Å². The van der Waals surface area contributed by atoms with Gasteiger partial charge in [-0.05, 0) is 17.5 Å². The minimum absolute atomic E-state index is 0.596. The van der Waals surface area contributed by atoms with Crippen LogP contribution < -0.4 is 0 Å². The average molecular weight is 181 g/mol. The Labute approximate surface area is 83.2 Å². The first-order valence-corrected chi connectivity index (χ1v) is 5.20. The fraction of sp³-hybridized carbons (Fsp3) is 0.583. The van der Waals surface area contributed by atoms with E-state index in [1.807, 2.05) is 40.0 Å². The van der Waals surface area contributed by atoms with Crippen molar-refractivity contribution in [2.45, 2.75) is 47.5 Å². The summed E-state index contributed by atoms with van der Waals surface area (Å²) in [5.74, 6) is 0.596. The van der Waals surface area contributed by atoms with E-state index in [0.29, 0.717) is 5.92 Å². The van der Waals surface area contributed by atoms with E-state index in [1.54, 1.807) is 6.20 Å². The topological polar surface area (TPSA) is 12.9 Å². The molecule has 0 saturated heterocycles. The smallest absolute Gasteiger partial charge is 0.0302 e. The molecule has 1 nitrogen and oxygen atoms in total. The highest BCUT2D eigenvalue weighted by Gasteiger charge is 1.94. The highest BCUT2D eigenvalue weighted by Crippen LogP contribution is 2.10. The van der Waals surface area contributed by atoms with Crippen molar-refractivity contribution in [2.24, 2.45) is 0 Å². The van der Waals surface area contributed by atoms with Crippen LogP contribution in [0.2, 0.25) is 0 Å². The van der Waals surface area contributed by atoms with E-state index in [4.69, 9.17) is 0 Å². The van der Waals surface area contributed by atoms with Crippen LogP contribution in [0.1, 0.15) is 53.0 Å². The van der Waals surface area contributed by atoms with E-state index >= 15 is 0 Å². The predicted octanol–water partition coefficient (Wildman–Crippen LogP) is 4.26. The van der Waals surface area contributed by atoms with Crippen LogP contribution in [0.4, 0.5) is 0 Å². The molecule has 1 heterocycles. The van der Waals surface area contributed by atoms with Gasteiger partial charge in [0.25, 0.3) is 0 Å². The van der Waals surface area contributed by atoms with Crippen molar-refractivity contribution < 1.29 is 0 Å². The quantitative estimate of drug-likeness (QED) is 0.631. The van der Waals surface area contributed by atoms with Gasteiger partial charge in [0.2, 0.25) is 0 Å². The summed E-state index contributed by atoms with van der Waals surface area (Å²) >= 11 is 0. The molecule has 0 fully saturated rings. The third kappa shape index (κ3) is 7.51. The van der Waals surface area contributed by atoms with E-state index in [2.05, 4.69) is 24.9 Å². The largest absolute Gasteiger partial charge is 0.264 e. The molecule has 1 rings (SSSR count). The molecule has 0 amide bonds. The lowest BCUT2D eigenvalue weighted by Gasteiger charge is -2.00. The first-order chi connectivity index (χ1) is 6.30. The van der Waals surface area contributed by atoms with E-state index in [-0.39, 0.29) is 0 Å². The summed E-state index contributed by atoms with van der Waals surface area (Å²) in [5.41, 5.74) is 1.30. The summed E-state index contributed by atoms with van der Waals surface area (Å²) in [4.78, 5) is 4.01. The maximum absolute atomic E-state index is 4.01. The van der Waals surface area contributed by atoms with E-state index in [9.17, 15) is 0 Å². The number of hydrogen-bond donors (Lipinski definition) is 0. The summed E-state index contributed by atoms with van der Waals surface area (Å²) in [6, 6.07) is 4.06. The number of hydrogen-bond acceptors (Lipinski definition) is 1. The van der Waals surface area contributed by atoms with Gasteiger partial charge in [-0.3, -0.25) is 4.98 Å². The third-order valence-electron chi connectivity index (χ3n) is 1.35. The van der Waals surface area contributed by atoms with Crippen LogP contribution in [0, 0.1) is 0 Å². The fourth-order valence-electron chi connectivity index (χ4n) is 0.717. The molecule has 0 saturated carbocycles. The SMILES string of the molecule is CC.CC.CC(C)c1cccnc1. The minimum atomic E-state index is 0.596. The van der Waals surface area contributed by atoms with Crippen LogP contribution in [-0.4, -0.2) is 4.98 Å². The molecule has 13 heavy (non-hydrogen) atoms. The van der Waals surface area contributed by atoms with Gasteiger partial charge in [0.05, 0.1) is 0 Å². The lowest BCUT2D eigenvalue weighted by Crippen LogP contribution is -1.85. The molecule has 0 aromatic carbocycles. The van der Waals surface area contributed by atoms with Gasteiger partial charge in [0.15, 0.2) is 0 Å². The molecule has 0 atom stereocenters. The number of rotatable bonds is 1. The van der Waals surface area contributed by atoms with Crippen LogP contribution in [0.15, 0.2) is 24.5 Å². The van der Waals surface area contributed by atoms with Gasteiger partial charge in [-0.2, -0.15) is 0 Å². The molecule has 0 aliphatic heterocycles. The molecule has 1 heteroatoms. The Kier molecular flexibility index (Phi) is 12.6. The fourth-order valence-corrected chi connectivity index (χ4v) is 0.717. The van der Waals surface area contributed by atoms with Gasteiger partial charge in [0, 0.05) is 12.4 Å². The number of aromatic nitrogens is 1. The Morgan fingerprint density at radius 3 is 1.85 bits per heavy atom. The van der Waals surface area contributed by atoms with Crippen molar-refractivity contribution in [1.29, 1.82) is 0 Å². The monoisotopic (exact) mass is 181 g/mol. The van der Waals surface area contributed by atoms with E-state index < -0.39 is 0 Å². The maximum atomic E-state index is 4.01. The van der Waals surface area contributed by atoms with Crippen molar-refractivity contribution in [3.8, 4) is 0 Å². The molecule has 0 N–H and O–H groups in total. The zero-order chi connectivity index (χ0) is 10.7. The molecule has 76 valence electrons. The number of nitrogens with zero attached hydrogens (tertiary/aromatic N) is 1. The second-order valence-electron chi connectivity index (χ2n) is 2.44. The molecule has 0 aliphatic carbocycles. The molecule has 1 aromatic rings. The third-order valence-corrected chi connectivity index (χ3v) is 1.35. The number of pyridine rings is 1. The zero-order valence-electron chi connectivity index (χ0n) is 9.83. The summed E-state index contributed by atoms with van der Waals surface area (Å²) < 4.78 is 0. The normalized spacial score (nSPS) is 7.92. The van der Waals surface area contributed by atoms with Crippen molar-refractivity contribution in [3.05, 3.63) is 30.1 Å². The van der Waals surface area contributed by atoms with Crippen molar-refractivity contribution in [1.82, 2.24) is 4.98 Å². The Balaban J connectivity index is 0. The Morgan fingerprint density at radius 2 is 1.62 bits per heavy atom. The molecular formula is C12H23N. The van der Waals surface area contributed by atoms with Gasteiger partial charge < -0.3 is 0 Å². The summed E-state index contributed by atoms with van der Waals surface area (Å²) in [6.45, 7) is 12.3. The minimum Gasteiger partial charge on any atom is -0.264 e. The molecule has 0 bridgehead atoms. The lowest BCUT2D eigenvalue weighted by atomic mass is 10.1. The molecule has 0 unspecified atom stereocenters. The first-order valence-electron chi connectivity index (χ1n) is 5.20. The Hall–Kier alpha value is -0.850. The molecule has 0 aliphatic rings. The van der Waals surface area contributed by atoms with Crippen LogP contribution in [0.5, 0.6) is 0 Å². The van der Waals surface area contributed by atoms with E-state index in [0.717, 1.165) is 0 Å². The molecular weight excluding hydrogens is 158 g/mol. The van der Waals surface area contributed by atoms with E-state index in [1.165, 1.54) is 5.56 Å². The van der Waals surface area contributed by atoms with Crippen molar-refractivity contribution in [2.75, 3.05) is 0 Å². The average Bonchev–Trinajstić information content (AvgIpc) is 2.25. The van der Waals surface area contributed by atoms with Crippen LogP contribution in [-0.2, 0) is 0 Å². The van der Waals surface area contributed by atoms with Gasteiger partial charge in [-0.25, -0.2) is 0 Å². The molecule has 0 radical (unpaired) electrons. The van der Waals surface area contributed by atoms with Gasteiger partial charge in [-0.15, -0.1) is 0 Å². The maximum Gasteiger partial charge on any atom is 0.0302 e. The second kappa shape index (κ2) is 11.2. The molecule has 1 aromatic heterocycles. The lowest BCUT2D eigenvalue weighted by molar-refractivity contribution is 0.858. The highest BCUT2D eigenvalue weighted by molar-refractivity contribution is 5.12. The standard InChI is InChI=1S/C8H11N.2C2H6/c1-7(2)8-4-3-5-9-6-8;2*1-2/h3-7H,1-2H3;2*1-2H3. The van der Waals surface area contributed by atoms with Crippen LogP contribution >= 0.6 is 0 Å². The van der Waals surface area contributed by atoms with Crippen LogP contribution in [0.25, 0.3) is 0 Å². The summed E-state index contributed by atoms with van der Waals surface area (Å²) in [5, 5.41) is 0. The zero-order valence-corrected chi connectivity index (χ0v) is 9.83.